The summed E-state index contributed by atoms with van der Waals surface area (Å²) in [5.41, 5.74) is 0.556. The Morgan fingerprint density at radius 1 is 1.16 bits per heavy atom. The zero-order chi connectivity index (χ0) is 14.0. The van der Waals surface area contributed by atoms with E-state index in [9.17, 15) is 14.0 Å². The number of carbonyl (C=O) groups is 2. The van der Waals surface area contributed by atoms with Crippen molar-refractivity contribution in [3.63, 3.8) is 0 Å². The van der Waals surface area contributed by atoms with Gasteiger partial charge in [-0.1, -0.05) is 32.8 Å². The number of Topliss-reactive ketones (excluding diaryl/α,β-unsaturated/α-hetero) is 2. The van der Waals surface area contributed by atoms with Gasteiger partial charge in [0.25, 0.3) is 0 Å². The topological polar surface area (TPSA) is 34.1 Å². The van der Waals surface area contributed by atoms with Crippen LogP contribution >= 0.6 is 0 Å². The van der Waals surface area contributed by atoms with E-state index in [1.807, 2.05) is 13.8 Å². The molecule has 0 radical (unpaired) electrons. The Bertz CT molecular complexity index is 513. The molecular weight excluding hydrogens is 243 g/mol. The molecule has 2 nitrogen and oxygen atoms in total. The van der Waals surface area contributed by atoms with Crippen LogP contribution in [0.25, 0.3) is 0 Å². The molecule has 3 heteroatoms. The van der Waals surface area contributed by atoms with Crippen LogP contribution in [0.15, 0.2) is 18.2 Å². The number of benzene rings is 1. The molecule has 0 aliphatic heterocycles. The van der Waals surface area contributed by atoms with Crippen molar-refractivity contribution in [1.29, 1.82) is 0 Å². The SMILES string of the molecule is CCCC1(CCC)C(=O)CC(=O)c2cc(F)ccc21. The molecule has 0 heterocycles. The van der Waals surface area contributed by atoms with Crippen molar-refractivity contribution in [3.8, 4) is 0 Å². The third kappa shape index (κ3) is 2.22. The van der Waals surface area contributed by atoms with E-state index in [2.05, 4.69) is 0 Å². The molecule has 0 amide bonds. The molecule has 0 aromatic heterocycles. The third-order valence-electron chi connectivity index (χ3n) is 4.01. The van der Waals surface area contributed by atoms with Gasteiger partial charge in [0.2, 0.25) is 0 Å². The molecule has 0 saturated heterocycles. The predicted octanol–water partition coefficient (Wildman–Crippen LogP) is 3.82. The lowest BCUT2D eigenvalue weighted by Gasteiger charge is -2.37. The molecule has 0 saturated carbocycles. The summed E-state index contributed by atoms with van der Waals surface area (Å²) in [5, 5.41) is 0. The van der Waals surface area contributed by atoms with Gasteiger partial charge >= 0.3 is 0 Å². The van der Waals surface area contributed by atoms with E-state index in [1.54, 1.807) is 6.07 Å². The van der Waals surface area contributed by atoms with Gasteiger partial charge < -0.3 is 0 Å². The number of fused-ring (bicyclic) bond motifs is 1. The van der Waals surface area contributed by atoms with Crippen molar-refractivity contribution < 1.29 is 14.0 Å². The second-order valence-electron chi connectivity index (χ2n) is 5.30. The van der Waals surface area contributed by atoms with Crippen molar-refractivity contribution >= 4 is 11.6 Å². The predicted molar refractivity (Wildman–Crippen MR) is 71.8 cm³/mol. The minimum Gasteiger partial charge on any atom is -0.298 e. The first-order valence-electron chi connectivity index (χ1n) is 6.91. The van der Waals surface area contributed by atoms with Crippen LogP contribution in [0.4, 0.5) is 4.39 Å². The maximum absolute atomic E-state index is 13.4. The van der Waals surface area contributed by atoms with Gasteiger partial charge in [-0.05, 0) is 30.5 Å². The lowest BCUT2D eigenvalue weighted by molar-refractivity contribution is -0.124. The van der Waals surface area contributed by atoms with Crippen LogP contribution in [0.1, 0.15) is 61.9 Å². The van der Waals surface area contributed by atoms with Crippen molar-refractivity contribution in [2.45, 2.75) is 51.4 Å². The molecule has 0 spiro atoms. The number of hydrogen-bond donors (Lipinski definition) is 0. The normalized spacial score (nSPS) is 17.4. The summed E-state index contributed by atoms with van der Waals surface area (Å²) < 4.78 is 13.4. The quantitative estimate of drug-likeness (QED) is 0.773. The van der Waals surface area contributed by atoms with E-state index in [4.69, 9.17) is 0 Å². The maximum Gasteiger partial charge on any atom is 0.170 e. The highest BCUT2D eigenvalue weighted by Crippen LogP contribution is 2.42. The molecule has 2 rings (SSSR count). The highest BCUT2D eigenvalue weighted by atomic mass is 19.1. The Hall–Kier alpha value is -1.51. The molecule has 102 valence electrons. The van der Waals surface area contributed by atoms with Gasteiger partial charge in [-0.25, -0.2) is 4.39 Å². The average Bonchev–Trinajstić information content (AvgIpc) is 2.36. The van der Waals surface area contributed by atoms with E-state index in [-0.39, 0.29) is 18.0 Å². The largest absolute Gasteiger partial charge is 0.298 e. The molecule has 0 atom stereocenters. The smallest absolute Gasteiger partial charge is 0.170 e. The summed E-state index contributed by atoms with van der Waals surface area (Å²) in [6.45, 7) is 4.06. The summed E-state index contributed by atoms with van der Waals surface area (Å²) >= 11 is 0. The molecule has 0 unspecified atom stereocenters. The zero-order valence-corrected chi connectivity index (χ0v) is 11.5. The number of carbonyl (C=O) groups excluding carboxylic acids is 2. The monoisotopic (exact) mass is 262 g/mol. The minimum absolute atomic E-state index is 0.000285. The van der Waals surface area contributed by atoms with E-state index in [0.29, 0.717) is 5.56 Å². The van der Waals surface area contributed by atoms with Gasteiger partial charge in [0.1, 0.15) is 5.82 Å². The lowest BCUT2D eigenvalue weighted by Crippen LogP contribution is -2.42. The van der Waals surface area contributed by atoms with Crippen LogP contribution in [-0.2, 0) is 10.2 Å². The van der Waals surface area contributed by atoms with Gasteiger partial charge in [0.15, 0.2) is 11.6 Å². The Kier molecular flexibility index (Phi) is 3.83. The average molecular weight is 262 g/mol. The van der Waals surface area contributed by atoms with Crippen molar-refractivity contribution in [1.82, 2.24) is 0 Å². The van der Waals surface area contributed by atoms with Crippen molar-refractivity contribution in [2.24, 2.45) is 0 Å². The molecule has 0 N–H and O–H groups in total. The van der Waals surface area contributed by atoms with Crippen LogP contribution in [0.5, 0.6) is 0 Å². The highest BCUT2D eigenvalue weighted by molar-refractivity contribution is 6.16. The number of ketones is 2. The molecular formula is C16H19FO2. The van der Waals surface area contributed by atoms with E-state index in [0.717, 1.165) is 31.2 Å². The molecule has 1 aromatic rings. The molecule has 1 aliphatic rings. The van der Waals surface area contributed by atoms with E-state index >= 15 is 0 Å². The van der Waals surface area contributed by atoms with Crippen LogP contribution in [0, 0.1) is 5.82 Å². The first-order chi connectivity index (χ1) is 9.05. The van der Waals surface area contributed by atoms with Crippen LogP contribution in [0.2, 0.25) is 0 Å². The summed E-state index contributed by atoms with van der Waals surface area (Å²) in [6, 6.07) is 4.26. The second-order valence-corrected chi connectivity index (χ2v) is 5.30. The fourth-order valence-electron chi connectivity index (χ4n) is 3.25. The number of rotatable bonds is 4. The summed E-state index contributed by atoms with van der Waals surface area (Å²) in [4.78, 5) is 24.4. The Labute approximate surface area is 113 Å². The first-order valence-corrected chi connectivity index (χ1v) is 6.91. The first kappa shape index (κ1) is 13.9. The van der Waals surface area contributed by atoms with Gasteiger partial charge in [0, 0.05) is 5.56 Å². The summed E-state index contributed by atoms with van der Waals surface area (Å²) in [5.74, 6) is -0.661. The van der Waals surface area contributed by atoms with Crippen molar-refractivity contribution in [2.75, 3.05) is 0 Å². The Morgan fingerprint density at radius 2 is 1.79 bits per heavy atom. The van der Waals surface area contributed by atoms with E-state index in [1.165, 1.54) is 12.1 Å². The van der Waals surface area contributed by atoms with E-state index < -0.39 is 11.2 Å². The fraction of sp³-hybridized carbons (Fsp3) is 0.500. The Balaban J connectivity index is 2.63. The second kappa shape index (κ2) is 5.24. The number of hydrogen-bond acceptors (Lipinski definition) is 2. The van der Waals surface area contributed by atoms with Gasteiger partial charge in [-0.3, -0.25) is 9.59 Å². The molecule has 0 bridgehead atoms. The standard InChI is InChI=1S/C16H19FO2/c1-3-7-16(8-4-2)13-6-5-11(17)9-12(13)14(18)10-15(16)19/h5-6,9H,3-4,7-8,10H2,1-2H3. The lowest BCUT2D eigenvalue weighted by atomic mass is 9.64. The van der Waals surface area contributed by atoms with Crippen LogP contribution in [0.3, 0.4) is 0 Å². The summed E-state index contributed by atoms with van der Waals surface area (Å²) in [7, 11) is 0. The molecule has 19 heavy (non-hydrogen) atoms. The summed E-state index contributed by atoms with van der Waals surface area (Å²) in [6.07, 6.45) is 3.11. The molecule has 0 fully saturated rings. The third-order valence-corrected chi connectivity index (χ3v) is 4.01. The zero-order valence-electron chi connectivity index (χ0n) is 11.5. The van der Waals surface area contributed by atoms with Gasteiger partial charge in [-0.2, -0.15) is 0 Å². The molecule has 1 aliphatic carbocycles. The van der Waals surface area contributed by atoms with Gasteiger partial charge in [0.05, 0.1) is 11.8 Å². The molecule has 1 aromatic carbocycles. The fourth-order valence-corrected chi connectivity index (χ4v) is 3.25. The maximum atomic E-state index is 13.4. The Morgan fingerprint density at radius 3 is 2.37 bits per heavy atom. The van der Waals surface area contributed by atoms with Gasteiger partial charge in [-0.15, -0.1) is 0 Å². The van der Waals surface area contributed by atoms with Crippen LogP contribution < -0.4 is 0 Å². The minimum atomic E-state index is -0.583. The van der Waals surface area contributed by atoms with Crippen LogP contribution in [-0.4, -0.2) is 11.6 Å². The number of halogens is 1. The van der Waals surface area contributed by atoms with Crippen molar-refractivity contribution in [3.05, 3.63) is 35.1 Å². The highest BCUT2D eigenvalue weighted by Gasteiger charge is 2.44.